The van der Waals surface area contributed by atoms with Gasteiger partial charge in [-0.15, -0.1) is 0 Å². The molecule has 1 amide bonds. The van der Waals surface area contributed by atoms with Gasteiger partial charge in [-0.05, 0) is 12.0 Å². The second-order valence-corrected chi connectivity index (χ2v) is 6.23. The van der Waals surface area contributed by atoms with Gasteiger partial charge in [0.2, 0.25) is 11.7 Å². The van der Waals surface area contributed by atoms with Gasteiger partial charge < -0.3 is 30.5 Å². The van der Waals surface area contributed by atoms with Gasteiger partial charge in [-0.1, -0.05) is 20.8 Å². The van der Waals surface area contributed by atoms with Gasteiger partial charge in [-0.2, -0.15) is 0 Å². The van der Waals surface area contributed by atoms with Gasteiger partial charge >= 0.3 is 5.97 Å². The van der Waals surface area contributed by atoms with Gasteiger partial charge in [0.25, 0.3) is 0 Å². The molecule has 132 valence electrons. The lowest BCUT2D eigenvalue weighted by molar-refractivity contribution is -0.149. The highest BCUT2D eigenvalue weighted by Gasteiger charge is 2.40. The van der Waals surface area contributed by atoms with E-state index >= 15 is 0 Å². The Hall–Kier alpha value is -1.64. The largest absolute Gasteiger partial charge is 0.480 e. The molecule has 0 aliphatic carbocycles. The Morgan fingerprint density at radius 3 is 2.48 bits per heavy atom. The van der Waals surface area contributed by atoms with E-state index < -0.39 is 42.1 Å². The van der Waals surface area contributed by atoms with E-state index in [-0.39, 0.29) is 18.4 Å². The minimum atomic E-state index is -1.46. The van der Waals surface area contributed by atoms with E-state index in [1.165, 1.54) is 0 Å². The number of hydrogen-bond acceptors (Lipinski definition) is 6. The molecule has 0 aromatic heterocycles. The fourth-order valence-corrected chi connectivity index (χ4v) is 2.30. The Kier molecular flexibility index (Phi) is 6.99. The van der Waals surface area contributed by atoms with Gasteiger partial charge in [0, 0.05) is 18.9 Å². The maximum absolute atomic E-state index is 11.6. The molecular weight excluding hydrogens is 306 g/mol. The summed E-state index contributed by atoms with van der Waals surface area (Å²) in [4.78, 5) is 22.5. The van der Waals surface area contributed by atoms with Crippen molar-refractivity contribution in [3.05, 3.63) is 11.8 Å². The number of rotatable bonds is 7. The normalized spacial score (nSPS) is 26.9. The van der Waals surface area contributed by atoms with Crippen molar-refractivity contribution in [2.45, 2.75) is 51.6 Å². The Balaban J connectivity index is 2.64. The third-order valence-electron chi connectivity index (χ3n) is 3.69. The predicted molar refractivity (Wildman–Crippen MR) is 80.2 cm³/mol. The molecule has 0 saturated heterocycles. The van der Waals surface area contributed by atoms with E-state index in [9.17, 15) is 24.9 Å². The molecule has 5 atom stereocenters. The summed E-state index contributed by atoms with van der Waals surface area (Å²) in [6.45, 7) is 5.13. The van der Waals surface area contributed by atoms with Crippen molar-refractivity contribution >= 4 is 11.9 Å². The summed E-state index contributed by atoms with van der Waals surface area (Å²) in [6.07, 6.45) is -3.67. The number of aliphatic carboxylic acids is 1. The van der Waals surface area contributed by atoms with Crippen LogP contribution in [0, 0.1) is 11.8 Å². The number of ether oxygens (including phenoxy) is 1. The van der Waals surface area contributed by atoms with Crippen LogP contribution in [0.5, 0.6) is 0 Å². The summed E-state index contributed by atoms with van der Waals surface area (Å²) >= 11 is 0. The highest BCUT2D eigenvalue weighted by Crippen LogP contribution is 2.27. The molecule has 3 unspecified atom stereocenters. The zero-order valence-electron chi connectivity index (χ0n) is 13.5. The Labute approximate surface area is 134 Å². The molecule has 1 rings (SSSR count). The van der Waals surface area contributed by atoms with Crippen molar-refractivity contribution in [1.29, 1.82) is 0 Å². The van der Waals surface area contributed by atoms with E-state index in [1.807, 2.05) is 13.8 Å². The van der Waals surface area contributed by atoms with Crippen LogP contribution < -0.4 is 5.32 Å². The summed E-state index contributed by atoms with van der Waals surface area (Å²) in [5.41, 5.74) is 0. The first-order valence-corrected chi connectivity index (χ1v) is 7.56. The van der Waals surface area contributed by atoms with Gasteiger partial charge in [0.15, 0.2) is 0 Å². The lowest BCUT2D eigenvalue weighted by Crippen LogP contribution is -2.51. The standard InChI is InChI=1S/C15H25NO7/c1-7(2)4-12(19)16-6-10(18)13(20)14-8(3)9(17)5-11(23-14)15(21)22/h5,7-10,13-14,17-18,20H,4,6H2,1-3H3,(H,16,19)(H,21,22)/t8-,9-,10?,13?,14?/m1/s1. The zero-order valence-corrected chi connectivity index (χ0v) is 13.5. The summed E-state index contributed by atoms with van der Waals surface area (Å²) in [5, 5.41) is 41.4. The molecule has 0 spiro atoms. The van der Waals surface area contributed by atoms with Crippen LogP contribution in [0.2, 0.25) is 0 Å². The van der Waals surface area contributed by atoms with Crippen LogP contribution in [-0.4, -0.2) is 63.3 Å². The monoisotopic (exact) mass is 331 g/mol. The number of carbonyl (C=O) groups is 2. The number of carbonyl (C=O) groups excluding carboxylic acids is 1. The minimum Gasteiger partial charge on any atom is -0.480 e. The molecule has 0 aromatic rings. The van der Waals surface area contributed by atoms with Crippen molar-refractivity contribution < 1.29 is 34.8 Å². The number of aliphatic hydroxyl groups excluding tert-OH is 3. The molecule has 0 bridgehead atoms. The van der Waals surface area contributed by atoms with Crippen molar-refractivity contribution in [2.24, 2.45) is 11.8 Å². The molecule has 8 nitrogen and oxygen atoms in total. The predicted octanol–water partition coefficient (Wildman–Crippen LogP) is -0.765. The van der Waals surface area contributed by atoms with Crippen LogP contribution in [0.25, 0.3) is 0 Å². The summed E-state index contributed by atoms with van der Waals surface area (Å²) in [6, 6.07) is 0. The SMILES string of the molecule is CC(C)CC(=O)NCC(O)C(O)C1OC(C(=O)O)=C[C@@H](O)[C@H]1C. The van der Waals surface area contributed by atoms with Crippen molar-refractivity contribution in [1.82, 2.24) is 5.32 Å². The number of aliphatic hydroxyl groups is 3. The number of hydrogen-bond donors (Lipinski definition) is 5. The Bertz CT molecular complexity index is 463. The van der Waals surface area contributed by atoms with E-state index in [4.69, 9.17) is 9.84 Å². The maximum Gasteiger partial charge on any atom is 0.370 e. The van der Waals surface area contributed by atoms with Crippen molar-refractivity contribution in [3.63, 3.8) is 0 Å². The first-order valence-electron chi connectivity index (χ1n) is 7.56. The van der Waals surface area contributed by atoms with Gasteiger partial charge in [0.1, 0.15) is 18.3 Å². The first-order chi connectivity index (χ1) is 10.6. The lowest BCUT2D eigenvalue weighted by atomic mass is 9.89. The van der Waals surface area contributed by atoms with E-state index in [0.29, 0.717) is 6.42 Å². The van der Waals surface area contributed by atoms with Crippen LogP contribution in [-0.2, 0) is 14.3 Å². The zero-order chi connectivity index (χ0) is 17.7. The maximum atomic E-state index is 11.6. The van der Waals surface area contributed by atoms with Gasteiger partial charge in [-0.3, -0.25) is 4.79 Å². The van der Waals surface area contributed by atoms with Crippen LogP contribution >= 0.6 is 0 Å². The number of nitrogens with one attached hydrogen (secondary N) is 1. The van der Waals surface area contributed by atoms with Crippen LogP contribution in [0.3, 0.4) is 0 Å². The Morgan fingerprint density at radius 2 is 1.96 bits per heavy atom. The van der Waals surface area contributed by atoms with Crippen molar-refractivity contribution in [2.75, 3.05) is 6.54 Å². The van der Waals surface area contributed by atoms with E-state index in [2.05, 4.69) is 5.32 Å². The molecule has 23 heavy (non-hydrogen) atoms. The average molecular weight is 331 g/mol. The highest BCUT2D eigenvalue weighted by atomic mass is 16.5. The molecule has 1 aliphatic heterocycles. The molecule has 0 aromatic carbocycles. The second-order valence-electron chi connectivity index (χ2n) is 6.23. The first kappa shape index (κ1) is 19.4. The Morgan fingerprint density at radius 1 is 1.35 bits per heavy atom. The fraction of sp³-hybridized carbons (Fsp3) is 0.733. The summed E-state index contributed by atoms with van der Waals surface area (Å²) in [7, 11) is 0. The molecule has 5 N–H and O–H groups in total. The topological polar surface area (TPSA) is 136 Å². The number of carboxylic acids is 1. The summed E-state index contributed by atoms with van der Waals surface area (Å²) < 4.78 is 5.16. The smallest absolute Gasteiger partial charge is 0.370 e. The fourth-order valence-electron chi connectivity index (χ4n) is 2.30. The molecular formula is C15H25NO7. The number of amides is 1. The third-order valence-corrected chi connectivity index (χ3v) is 3.69. The summed E-state index contributed by atoms with van der Waals surface area (Å²) in [5.74, 6) is -2.55. The molecule has 0 fully saturated rings. The quantitative estimate of drug-likeness (QED) is 0.413. The van der Waals surface area contributed by atoms with Crippen molar-refractivity contribution in [3.8, 4) is 0 Å². The molecule has 1 aliphatic rings. The molecule has 1 heterocycles. The average Bonchev–Trinajstić information content (AvgIpc) is 2.45. The van der Waals surface area contributed by atoms with Crippen LogP contribution in [0.15, 0.2) is 11.8 Å². The minimum absolute atomic E-state index is 0.164. The van der Waals surface area contributed by atoms with Crippen LogP contribution in [0.4, 0.5) is 0 Å². The highest BCUT2D eigenvalue weighted by molar-refractivity contribution is 5.84. The third kappa shape index (κ3) is 5.49. The van der Waals surface area contributed by atoms with E-state index in [0.717, 1.165) is 6.08 Å². The molecule has 0 saturated carbocycles. The lowest BCUT2D eigenvalue weighted by Gasteiger charge is -2.36. The molecule has 8 heteroatoms. The molecule has 0 radical (unpaired) electrons. The van der Waals surface area contributed by atoms with Gasteiger partial charge in [-0.25, -0.2) is 4.79 Å². The van der Waals surface area contributed by atoms with E-state index in [1.54, 1.807) is 6.92 Å². The van der Waals surface area contributed by atoms with Crippen LogP contribution in [0.1, 0.15) is 27.2 Å². The second kappa shape index (κ2) is 8.28. The number of carboxylic acid groups (broad SMARTS) is 1. The van der Waals surface area contributed by atoms with Gasteiger partial charge in [0.05, 0.1) is 6.10 Å².